The fourth-order valence-corrected chi connectivity index (χ4v) is 3.02. The molecule has 0 aliphatic carbocycles. The summed E-state index contributed by atoms with van der Waals surface area (Å²) in [7, 11) is 0. The standard InChI is InChI=1S/C18H15F3N2S/c1-11-3-4-12(2)14(9-11)15-10-13(18(19,20)21)5-6-16(15)23-17-22-7-8-24-17/h3-10H,1-2H3,(H,22,23). The highest BCUT2D eigenvalue weighted by atomic mass is 32.1. The SMILES string of the molecule is Cc1ccc(C)c(-c2cc(C(F)(F)F)ccc2Nc2nccs2)c1. The summed E-state index contributed by atoms with van der Waals surface area (Å²) < 4.78 is 39.4. The summed E-state index contributed by atoms with van der Waals surface area (Å²) in [6.45, 7) is 3.81. The van der Waals surface area contributed by atoms with Gasteiger partial charge in [-0.15, -0.1) is 11.3 Å². The van der Waals surface area contributed by atoms with Gasteiger partial charge in [-0.1, -0.05) is 23.8 Å². The molecule has 0 saturated heterocycles. The van der Waals surface area contributed by atoms with Crippen LogP contribution in [0.15, 0.2) is 48.0 Å². The number of nitrogens with one attached hydrogen (secondary N) is 1. The van der Waals surface area contributed by atoms with E-state index in [4.69, 9.17) is 0 Å². The first kappa shape index (κ1) is 16.5. The molecule has 3 aromatic rings. The summed E-state index contributed by atoms with van der Waals surface area (Å²) in [5.41, 5.74) is 3.14. The van der Waals surface area contributed by atoms with Crippen LogP contribution in [0.5, 0.6) is 0 Å². The van der Waals surface area contributed by atoms with Crippen LogP contribution in [-0.2, 0) is 6.18 Å². The Bertz CT molecular complexity index is 855. The van der Waals surface area contributed by atoms with Crippen LogP contribution in [0, 0.1) is 13.8 Å². The first-order valence-electron chi connectivity index (χ1n) is 7.30. The second-order valence-corrected chi connectivity index (χ2v) is 6.43. The third-order valence-electron chi connectivity index (χ3n) is 3.70. The Morgan fingerprint density at radius 2 is 1.79 bits per heavy atom. The first-order chi connectivity index (χ1) is 11.3. The Kier molecular flexibility index (Phi) is 4.32. The van der Waals surface area contributed by atoms with Gasteiger partial charge in [0.05, 0.1) is 5.56 Å². The molecule has 24 heavy (non-hydrogen) atoms. The number of hydrogen-bond acceptors (Lipinski definition) is 3. The number of hydrogen-bond donors (Lipinski definition) is 1. The zero-order valence-electron chi connectivity index (χ0n) is 13.1. The van der Waals surface area contributed by atoms with Crippen molar-refractivity contribution in [2.75, 3.05) is 5.32 Å². The molecule has 124 valence electrons. The second kappa shape index (κ2) is 6.28. The lowest BCUT2D eigenvalue weighted by molar-refractivity contribution is -0.137. The lowest BCUT2D eigenvalue weighted by Gasteiger charge is -2.16. The molecule has 0 saturated carbocycles. The Morgan fingerprint density at radius 3 is 2.46 bits per heavy atom. The number of alkyl halides is 3. The van der Waals surface area contributed by atoms with Crippen LogP contribution >= 0.6 is 11.3 Å². The number of thiazole rings is 1. The van der Waals surface area contributed by atoms with Crippen LogP contribution < -0.4 is 5.32 Å². The van der Waals surface area contributed by atoms with E-state index >= 15 is 0 Å². The van der Waals surface area contributed by atoms with Gasteiger partial charge in [-0.25, -0.2) is 4.98 Å². The van der Waals surface area contributed by atoms with Crippen molar-refractivity contribution >= 4 is 22.2 Å². The molecule has 0 bridgehead atoms. The molecule has 0 aliphatic heterocycles. The van der Waals surface area contributed by atoms with Crippen molar-refractivity contribution in [2.45, 2.75) is 20.0 Å². The van der Waals surface area contributed by atoms with E-state index in [0.717, 1.165) is 22.8 Å². The fraction of sp³-hybridized carbons (Fsp3) is 0.167. The summed E-state index contributed by atoms with van der Waals surface area (Å²) in [4.78, 5) is 4.14. The van der Waals surface area contributed by atoms with Gasteiger partial charge in [0.25, 0.3) is 0 Å². The quantitative estimate of drug-likeness (QED) is 0.610. The van der Waals surface area contributed by atoms with Gasteiger partial charge in [0.15, 0.2) is 5.13 Å². The number of nitrogens with zero attached hydrogens (tertiary/aromatic N) is 1. The van der Waals surface area contributed by atoms with Gasteiger partial charge in [0.1, 0.15) is 0 Å². The molecule has 0 amide bonds. The molecular weight excluding hydrogens is 333 g/mol. The number of benzene rings is 2. The van der Waals surface area contributed by atoms with Crippen molar-refractivity contribution in [2.24, 2.45) is 0 Å². The maximum atomic E-state index is 13.1. The normalized spacial score (nSPS) is 11.5. The molecule has 0 spiro atoms. The molecule has 1 aromatic heterocycles. The third kappa shape index (κ3) is 3.43. The van der Waals surface area contributed by atoms with Gasteiger partial charge in [-0.3, -0.25) is 0 Å². The van der Waals surface area contributed by atoms with Crippen molar-refractivity contribution < 1.29 is 13.2 Å². The molecule has 3 rings (SSSR count). The molecule has 0 fully saturated rings. The van der Waals surface area contributed by atoms with Gasteiger partial charge >= 0.3 is 6.18 Å². The molecular formula is C18H15F3N2S. The van der Waals surface area contributed by atoms with Crippen LogP contribution in [-0.4, -0.2) is 4.98 Å². The number of rotatable bonds is 3. The monoisotopic (exact) mass is 348 g/mol. The Labute approximate surface area is 142 Å². The fourth-order valence-electron chi connectivity index (χ4n) is 2.48. The van der Waals surface area contributed by atoms with Crippen molar-refractivity contribution in [3.63, 3.8) is 0 Å². The Morgan fingerprint density at radius 1 is 1.00 bits per heavy atom. The van der Waals surface area contributed by atoms with Gasteiger partial charge in [0.2, 0.25) is 0 Å². The summed E-state index contributed by atoms with van der Waals surface area (Å²) >= 11 is 1.39. The van der Waals surface area contributed by atoms with E-state index in [1.807, 2.05) is 37.4 Å². The molecule has 0 radical (unpaired) electrons. The average molecular weight is 348 g/mol. The van der Waals surface area contributed by atoms with Crippen LogP contribution in [0.3, 0.4) is 0 Å². The van der Waals surface area contributed by atoms with Gasteiger partial charge < -0.3 is 5.32 Å². The summed E-state index contributed by atoms with van der Waals surface area (Å²) in [5, 5.41) is 5.57. The first-order valence-corrected chi connectivity index (χ1v) is 8.18. The number of aromatic nitrogens is 1. The van der Waals surface area contributed by atoms with Crippen molar-refractivity contribution in [3.05, 3.63) is 64.7 Å². The molecule has 2 nitrogen and oxygen atoms in total. The van der Waals surface area contributed by atoms with Crippen molar-refractivity contribution in [3.8, 4) is 11.1 Å². The highest BCUT2D eigenvalue weighted by Crippen LogP contribution is 2.38. The lowest BCUT2D eigenvalue weighted by Crippen LogP contribution is -2.06. The van der Waals surface area contributed by atoms with Crippen LogP contribution in [0.4, 0.5) is 24.0 Å². The van der Waals surface area contributed by atoms with E-state index in [2.05, 4.69) is 10.3 Å². The predicted octanol–water partition coefficient (Wildman–Crippen LogP) is 6.19. The van der Waals surface area contributed by atoms with Crippen molar-refractivity contribution in [1.29, 1.82) is 0 Å². The van der Waals surface area contributed by atoms with E-state index in [1.165, 1.54) is 23.5 Å². The number of aryl methyl sites for hydroxylation is 2. The Hall–Kier alpha value is -2.34. The zero-order chi connectivity index (χ0) is 17.3. The van der Waals surface area contributed by atoms with E-state index in [-0.39, 0.29) is 0 Å². The maximum absolute atomic E-state index is 13.1. The van der Waals surface area contributed by atoms with E-state index in [1.54, 1.807) is 6.20 Å². The second-order valence-electron chi connectivity index (χ2n) is 5.54. The summed E-state index contributed by atoms with van der Waals surface area (Å²) in [6.07, 6.45) is -2.74. The van der Waals surface area contributed by atoms with E-state index in [9.17, 15) is 13.2 Å². The zero-order valence-corrected chi connectivity index (χ0v) is 13.9. The number of anilines is 2. The highest BCUT2D eigenvalue weighted by molar-refractivity contribution is 7.13. The topological polar surface area (TPSA) is 24.9 Å². The molecule has 0 aliphatic rings. The van der Waals surface area contributed by atoms with Gasteiger partial charge in [-0.2, -0.15) is 13.2 Å². The molecule has 6 heteroatoms. The highest BCUT2D eigenvalue weighted by Gasteiger charge is 2.31. The lowest BCUT2D eigenvalue weighted by atomic mass is 9.95. The molecule has 0 atom stereocenters. The van der Waals surface area contributed by atoms with E-state index < -0.39 is 11.7 Å². The molecule has 1 heterocycles. The molecule has 0 unspecified atom stereocenters. The van der Waals surface area contributed by atoms with Crippen molar-refractivity contribution in [1.82, 2.24) is 4.98 Å². The van der Waals surface area contributed by atoms with Crippen LogP contribution in [0.1, 0.15) is 16.7 Å². The third-order valence-corrected chi connectivity index (χ3v) is 4.39. The van der Waals surface area contributed by atoms with Gasteiger partial charge in [0, 0.05) is 22.8 Å². The predicted molar refractivity (Wildman–Crippen MR) is 91.8 cm³/mol. The maximum Gasteiger partial charge on any atom is 0.416 e. The van der Waals surface area contributed by atoms with E-state index in [0.29, 0.717) is 16.4 Å². The summed E-state index contributed by atoms with van der Waals surface area (Å²) in [5.74, 6) is 0. The summed E-state index contributed by atoms with van der Waals surface area (Å²) in [6, 6.07) is 9.50. The van der Waals surface area contributed by atoms with Gasteiger partial charge in [-0.05, 0) is 43.2 Å². The van der Waals surface area contributed by atoms with Crippen LogP contribution in [0.2, 0.25) is 0 Å². The average Bonchev–Trinajstić information content (AvgIpc) is 3.02. The smallest absolute Gasteiger partial charge is 0.331 e. The number of halogens is 3. The molecule has 1 N–H and O–H groups in total. The Balaban J connectivity index is 2.17. The minimum Gasteiger partial charge on any atom is -0.331 e. The minimum atomic E-state index is -4.38. The molecule has 2 aromatic carbocycles. The minimum absolute atomic E-state index is 0.515. The largest absolute Gasteiger partial charge is 0.416 e. The van der Waals surface area contributed by atoms with Crippen LogP contribution in [0.25, 0.3) is 11.1 Å².